The molecule has 0 bridgehead atoms. The van der Waals surface area contributed by atoms with Crippen molar-refractivity contribution in [3.63, 3.8) is 0 Å². The van der Waals surface area contributed by atoms with Crippen molar-refractivity contribution in [3.8, 4) is 0 Å². The van der Waals surface area contributed by atoms with Crippen LogP contribution in [-0.2, 0) is 11.3 Å². The molecule has 4 nitrogen and oxygen atoms in total. The Morgan fingerprint density at radius 3 is 3.25 bits per heavy atom. The van der Waals surface area contributed by atoms with E-state index in [1.54, 1.807) is 16.2 Å². The zero-order valence-corrected chi connectivity index (χ0v) is 9.96. The lowest BCUT2D eigenvalue weighted by molar-refractivity contribution is 0.0993. The van der Waals surface area contributed by atoms with E-state index in [0.717, 1.165) is 37.5 Å². The average Bonchev–Trinajstić information content (AvgIpc) is 2.66. The van der Waals surface area contributed by atoms with Crippen LogP contribution in [0, 0.1) is 0 Å². The van der Waals surface area contributed by atoms with Gasteiger partial charge in [0.1, 0.15) is 6.61 Å². The van der Waals surface area contributed by atoms with Crippen LogP contribution >= 0.6 is 11.3 Å². The van der Waals surface area contributed by atoms with Crippen molar-refractivity contribution < 1.29 is 9.53 Å². The molecule has 0 aliphatic carbocycles. The Balaban J connectivity index is 1.78. The molecule has 1 saturated heterocycles. The predicted molar refractivity (Wildman–Crippen MR) is 63.6 cm³/mol. The Labute approximate surface area is 99.2 Å². The van der Waals surface area contributed by atoms with Gasteiger partial charge in [-0.25, -0.2) is 4.79 Å². The second-order valence-electron chi connectivity index (χ2n) is 3.72. The molecule has 1 N–H and O–H groups in total. The summed E-state index contributed by atoms with van der Waals surface area (Å²) in [6, 6.07) is 3.94. The Kier molecular flexibility index (Phi) is 4.18. The van der Waals surface area contributed by atoms with Gasteiger partial charge in [-0.05, 0) is 24.4 Å². The van der Waals surface area contributed by atoms with Crippen molar-refractivity contribution in [1.82, 2.24) is 10.2 Å². The van der Waals surface area contributed by atoms with Crippen molar-refractivity contribution in [2.24, 2.45) is 0 Å². The fourth-order valence-corrected chi connectivity index (χ4v) is 2.26. The maximum atomic E-state index is 11.7. The van der Waals surface area contributed by atoms with Crippen molar-refractivity contribution in [2.45, 2.75) is 13.0 Å². The van der Waals surface area contributed by atoms with E-state index in [0.29, 0.717) is 6.61 Å². The van der Waals surface area contributed by atoms with E-state index < -0.39 is 0 Å². The van der Waals surface area contributed by atoms with E-state index in [4.69, 9.17) is 4.74 Å². The number of nitrogens with one attached hydrogen (secondary N) is 1. The molecule has 1 aliphatic rings. The zero-order chi connectivity index (χ0) is 11.2. The molecule has 88 valence electrons. The molecular formula is C11H16N2O2S. The Morgan fingerprint density at radius 2 is 2.44 bits per heavy atom. The highest BCUT2D eigenvalue weighted by Crippen LogP contribution is 2.10. The molecule has 0 unspecified atom stereocenters. The van der Waals surface area contributed by atoms with Gasteiger partial charge in [-0.3, -0.25) is 0 Å². The standard InChI is InChI=1S/C11H16N2O2S/c14-11(13-6-2-4-12-5-7-13)15-9-10-3-1-8-16-10/h1,3,8,12H,2,4-7,9H2. The van der Waals surface area contributed by atoms with E-state index in [2.05, 4.69) is 5.32 Å². The van der Waals surface area contributed by atoms with Gasteiger partial charge in [0.2, 0.25) is 0 Å². The molecule has 1 aromatic heterocycles. The van der Waals surface area contributed by atoms with E-state index in [9.17, 15) is 4.79 Å². The van der Waals surface area contributed by atoms with E-state index in [1.807, 2.05) is 17.5 Å². The van der Waals surface area contributed by atoms with Crippen LogP contribution in [0.4, 0.5) is 4.79 Å². The molecule has 1 aromatic rings. The predicted octanol–water partition coefficient (Wildman–Crippen LogP) is 1.68. The normalized spacial score (nSPS) is 16.9. The van der Waals surface area contributed by atoms with E-state index in [-0.39, 0.29) is 6.09 Å². The number of carbonyl (C=O) groups excluding carboxylic acids is 1. The van der Waals surface area contributed by atoms with Crippen LogP contribution in [0.3, 0.4) is 0 Å². The molecule has 2 heterocycles. The summed E-state index contributed by atoms with van der Waals surface area (Å²) in [4.78, 5) is 14.6. The minimum Gasteiger partial charge on any atom is -0.444 e. The fraction of sp³-hybridized carbons (Fsp3) is 0.545. The number of carbonyl (C=O) groups is 1. The number of amides is 1. The van der Waals surface area contributed by atoms with Crippen LogP contribution in [0.1, 0.15) is 11.3 Å². The molecule has 0 spiro atoms. The molecule has 1 fully saturated rings. The summed E-state index contributed by atoms with van der Waals surface area (Å²) in [5, 5.41) is 5.24. The summed E-state index contributed by atoms with van der Waals surface area (Å²) >= 11 is 1.61. The Bertz CT molecular complexity index is 319. The molecule has 2 rings (SSSR count). The first-order valence-corrected chi connectivity index (χ1v) is 6.39. The number of rotatable bonds is 2. The lowest BCUT2D eigenvalue weighted by Gasteiger charge is -2.18. The number of thiophene rings is 1. The number of hydrogen-bond donors (Lipinski definition) is 1. The van der Waals surface area contributed by atoms with Gasteiger partial charge >= 0.3 is 6.09 Å². The van der Waals surface area contributed by atoms with Gasteiger partial charge in [0, 0.05) is 24.5 Å². The summed E-state index contributed by atoms with van der Waals surface area (Å²) in [5.41, 5.74) is 0. The van der Waals surface area contributed by atoms with Crippen molar-refractivity contribution in [3.05, 3.63) is 22.4 Å². The second-order valence-corrected chi connectivity index (χ2v) is 4.76. The largest absolute Gasteiger partial charge is 0.444 e. The number of nitrogens with zero attached hydrogens (tertiary/aromatic N) is 1. The van der Waals surface area contributed by atoms with E-state index >= 15 is 0 Å². The summed E-state index contributed by atoms with van der Waals surface area (Å²) in [5.74, 6) is 0. The minimum atomic E-state index is -0.197. The van der Waals surface area contributed by atoms with Crippen LogP contribution in [0.25, 0.3) is 0 Å². The lowest BCUT2D eigenvalue weighted by atomic mass is 10.4. The molecule has 0 saturated carbocycles. The van der Waals surface area contributed by atoms with E-state index in [1.165, 1.54) is 0 Å². The SMILES string of the molecule is O=C(OCc1cccs1)N1CCCNCC1. The van der Waals surface area contributed by atoms with Crippen LogP contribution in [-0.4, -0.2) is 37.2 Å². The van der Waals surface area contributed by atoms with Crippen LogP contribution < -0.4 is 5.32 Å². The quantitative estimate of drug-likeness (QED) is 0.855. The minimum absolute atomic E-state index is 0.197. The first kappa shape index (κ1) is 11.4. The maximum absolute atomic E-state index is 11.7. The third kappa shape index (κ3) is 3.21. The average molecular weight is 240 g/mol. The second kappa shape index (κ2) is 5.86. The number of hydrogen-bond acceptors (Lipinski definition) is 4. The van der Waals surface area contributed by atoms with Gasteiger partial charge in [-0.15, -0.1) is 11.3 Å². The van der Waals surface area contributed by atoms with Gasteiger partial charge in [0.05, 0.1) is 0 Å². The molecule has 1 aliphatic heterocycles. The van der Waals surface area contributed by atoms with Gasteiger partial charge in [-0.2, -0.15) is 0 Å². The molecular weight excluding hydrogens is 224 g/mol. The van der Waals surface area contributed by atoms with Crippen molar-refractivity contribution in [1.29, 1.82) is 0 Å². The van der Waals surface area contributed by atoms with Crippen LogP contribution in [0.5, 0.6) is 0 Å². The molecule has 0 atom stereocenters. The highest BCUT2D eigenvalue weighted by Gasteiger charge is 2.16. The number of ether oxygens (including phenoxy) is 1. The molecule has 1 amide bonds. The van der Waals surface area contributed by atoms with Crippen molar-refractivity contribution >= 4 is 17.4 Å². The van der Waals surface area contributed by atoms with Gasteiger partial charge in [0.25, 0.3) is 0 Å². The monoisotopic (exact) mass is 240 g/mol. The van der Waals surface area contributed by atoms with Crippen LogP contribution in [0.2, 0.25) is 0 Å². The van der Waals surface area contributed by atoms with Crippen LogP contribution in [0.15, 0.2) is 17.5 Å². The molecule has 0 aromatic carbocycles. The maximum Gasteiger partial charge on any atom is 0.410 e. The van der Waals surface area contributed by atoms with Gasteiger partial charge in [-0.1, -0.05) is 6.07 Å². The molecule has 5 heteroatoms. The smallest absolute Gasteiger partial charge is 0.410 e. The highest BCUT2D eigenvalue weighted by atomic mass is 32.1. The summed E-state index contributed by atoms with van der Waals surface area (Å²) in [7, 11) is 0. The molecule has 16 heavy (non-hydrogen) atoms. The third-order valence-corrected chi connectivity index (χ3v) is 3.37. The Morgan fingerprint density at radius 1 is 1.50 bits per heavy atom. The zero-order valence-electron chi connectivity index (χ0n) is 9.15. The summed E-state index contributed by atoms with van der Waals surface area (Å²) in [6.45, 7) is 3.75. The fourth-order valence-electron chi connectivity index (χ4n) is 1.65. The molecule has 0 radical (unpaired) electrons. The first-order valence-electron chi connectivity index (χ1n) is 5.51. The topological polar surface area (TPSA) is 41.6 Å². The Hall–Kier alpha value is -1.07. The van der Waals surface area contributed by atoms with Gasteiger partial charge < -0.3 is 15.0 Å². The summed E-state index contributed by atoms with van der Waals surface area (Å²) in [6.07, 6.45) is 0.797. The van der Waals surface area contributed by atoms with Crippen molar-refractivity contribution in [2.75, 3.05) is 26.2 Å². The summed E-state index contributed by atoms with van der Waals surface area (Å²) < 4.78 is 5.25. The first-order chi connectivity index (χ1) is 7.86. The lowest BCUT2D eigenvalue weighted by Crippen LogP contribution is -2.34. The highest BCUT2D eigenvalue weighted by molar-refractivity contribution is 7.09. The van der Waals surface area contributed by atoms with Gasteiger partial charge in [0.15, 0.2) is 0 Å². The third-order valence-electron chi connectivity index (χ3n) is 2.52.